The first-order valence-electron chi connectivity index (χ1n) is 9.27. The van der Waals surface area contributed by atoms with Crippen molar-refractivity contribution in [3.05, 3.63) is 66.2 Å². The fraction of sp³-hybridized carbons (Fsp3) is 0.333. The third-order valence-electron chi connectivity index (χ3n) is 5.27. The Morgan fingerprint density at radius 1 is 1.11 bits per heavy atom. The Morgan fingerprint density at radius 2 is 1.67 bits per heavy atom. The minimum atomic E-state index is -3.18. The number of halogens is 1. The topological polar surface area (TPSA) is 32.6 Å². The molecule has 27 heavy (non-hydrogen) atoms. The van der Waals surface area contributed by atoms with Gasteiger partial charge < -0.3 is 13.5 Å². The van der Waals surface area contributed by atoms with Crippen molar-refractivity contribution < 1.29 is 18.3 Å². The molecule has 1 aliphatic rings. The molecule has 0 aliphatic carbocycles. The van der Waals surface area contributed by atoms with E-state index in [4.69, 9.17) is 4.65 Å². The number of nitrogens with zero attached hydrogens (tertiary/aromatic N) is 2. The molecular weight excluding hydrogens is 342 g/mol. The van der Waals surface area contributed by atoms with Gasteiger partial charge in [0.05, 0.1) is 14.1 Å². The lowest BCUT2D eigenvalue weighted by molar-refractivity contribution is -0.490. The van der Waals surface area contributed by atoms with Crippen molar-refractivity contribution in [1.82, 2.24) is 4.90 Å². The molecule has 0 aromatic heterocycles. The van der Waals surface area contributed by atoms with Crippen LogP contribution in [-0.2, 0) is 15.9 Å². The van der Waals surface area contributed by atoms with Gasteiger partial charge in [-0.3, -0.25) is 9.69 Å². The maximum absolute atomic E-state index is 16.4. The molecule has 3 rings (SSSR count). The molecule has 2 aromatic rings. The summed E-state index contributed by atoms with van der Waals surface area (Å²) in [6.07, 6.45) is 2.02. The van der Waals surface area contributed by atoms with Gasteiger partial charge in [-0.05, 0) is 5.56 Å². The SMILES string of the molecule is CC(C)[C@]1(Cc2ccccc2)C(=O)O[B-](F)(c2ccccc2)/[N+]1=C/N(C)C. The smallest absolute Gasteiger partial charge is 0.568 e. The average molecular weight is 368 g/mol. The van der Waals surface area contributed by atoms with Crippen LogP contribution in [0.2, 0.25) is 0 Å². The highest BCUT2D eigenvalue weighted by Gasteiger charge is 2.63. The van der Waals surface area contributed by atoms with E-state index in [0.29, 0.717) is 11.9 Å². The first-order valence-corrected chi connectivity index (χ1v) is 9.27. The predicted molar refractivity (Wildman–Crippen MR) is 107 cm³/mol. The Kier molecular flexibility index (Phi) is 5.09. The second-order valence-electron chi connectivity index (χ2n) is 7.69. The number of hydrogen-bond donors (Lipinski definition) is 0. The molecule has 2 aromatic carbocycles. The second-order valence-corrected chi connectivity index (χ2v) is 7.69. The summed E-state index contributed by atoms with van der Waals surface area (Å²) in [5, 5.41) is 0. The standard InChI is InChI=1S/C21H26BFN2O2/c1-17(2)21(15-18-11-7-5-8-12-18)20(26)27-22(23,25(21)16-24(3)4)19-13-9-6-10-14-19/h5-14,16-17H,15H2,1-4H3/b25-16+/t21-,22?/m1/s1. The maximum atomic E-state index is 16.4. The van der Waals surface area contributed by atoms with Crippen molar-refractivity contribution in [2.45, 2.75) is 25.8 Å². The van der Waals surface area contributed by atoms with Crippen LogP contribution in [0.15, 0.2) is 60.7 Å². The number of rotatable bonds is 5. The van der Waals surface area contributed by atoms with E-state index in [2.05, 4.69) is 0 Å². The van der Waals surface area contributed by atoms with Crippen LogP contribution in [0.5, 0.6) is 0 Å². The lowest BCUT2D eigenvalue weighted by Gasteiger charge is -2.36. The monoisotopic (exact) mass is 368 g/mol. The van der Waals surface area contributed by atoms with Crippen LogP contribution in [0.4, 0.5) is 4.32 Å². The van der Waals surface area contributed by atoms with Gasteiger partial charge in [-0.1, -0.05) is 80.0 Å². The van der Waals surface area contributed by atoms with E-state index in [-0.39, 0.29) is 5.92 Å². The molecule has 0 spiro atoms. The fourth-order valence-electron chi connectivity index (χ4n) is 3.87. The first-order chi connectivity index (χ1) is 12.8. The van der Waals surface area contributed by atoms with Crippen molar-refractivity contribution in [3.63, 3.8) is 0 Å². The lowest BCUT2D eigenvalue weighted by atomic mass is 9.64. The van der Waals surface area contributed by atoms with Gasteiger partial charge in [0.25, 0.3) is 0 Å². The van der Waals surface area contributed by atoms with Gasteiger partial charge in [-0.15, -0.1) is 0 Å². The van der Waals surface area contributed by atoms with E-state index in [0.717, 1.165) is 5.56 Å². The molecule has 0 N–H and O–H groups in total. The molecule has 6 heteroatoms. The van der Waals surface area contributed by atoms with Crippen molar-refractivity contribution in [1.29, 1.82) is 0 Å². The number of carbonyl (C=O) groups excluding carboxylic acids is 1. The van der Waals surface area contributed by atoms with Gasteiger partial charge in [-0.25, -0.2) is 0 Å². The van der Waals surface area contributed by atoms with E-state index in [1.54, 1.807) is 35.5 Å². The zero-order chi connectivity index (χ0) is 19.7. The van der Waals surface area contributed by atoms with E-state index in [1.807, 2.05) is 64.3 Å². The fourth-order valence-corrected chi connectivity index (χ4v) is 3.87. The summed E-state index contributed by atoms with van der Waals surface area (Å²) in [5.74, 6) is -0.685. The Hall–Kier alpha value is -2.63. The van der Waals surface area contributed by atoms with Gasteiger partial charge in [0.15, 0.2) is 11.9 Å². The molecule has 1 unspecified atom stereocenters. The highest BCUT2D eigenvalue weighted by molar-refractivity contribution is 6.76. The van der Waals surface area contributed by atoms with Crippen LogP contribution in [0.3, 0.4) is 0 Å². The average Bonchev–Trinajstić information content (AvgIpc) is 2.85. The van der Waals surface area contributed by atoms with Crippen molar-refractivity contribution in [2.75, 3.05) is 14.1 Å². The zero-order valence-corrected chi connectivity index (χ0v) is 16.3. The van der Waals surface area contributed by atoms with Crippen molar-refractivity contribution in [2.24, 2.45) is 5.92 Å². The summed E-state index contributed by atoms with van der Waals surface area (Å²) in [5.41, 5.74) is 0.198. The number of hydrogen-bond acceptors (Lipinski definition) is 2. The highest BCUT2D eigenvalue weighted by Crippen LogP contribution is 2.38. The van der Waals surface area contributed by atoms with E-state index in [9.17, 15) is 4.79 Å². The number of benzene rings is 2. The molecule has 0 amide bonds. The van der Waals surface area contributed by atoms with Gasteiger partial charge in [0.2, 0.25) is 0 Å². The third-order valence-corrected chi connectivity index (χ3v) is 5.27. The third kappa shape index (κ3) is 3.24. The first kappa shape index (κ1) is 19.1. The Balaban J connectivity index is 2.21. The largest absolute Gasteiger partial charge is 0.619 e. The molecule has 1 saturated heterocycles. The maximum Gasteiger partial charge on any atom is 0.568 e. The molecule has 0 radical (unpaired) electrons. The summed E-state index contributed by atoms with van der Waals surface area (Å²) < 4.78 is 23.4. The summed E-state index contributed by atoms with van der Waals surface area (Å²) in [6, 6.07) is 18.4. The second kappa shape index (κ2) is 7.18. The van der Waals surface area contributed by atoms with E-state index >= 15 is 4.32 Å². The van der Waals surface area contributed by atoms with Crippen LogP contribution in [-0.4, -0.2) is 48.1 Å². The van der Waals surface area contributed by atoms with Crippen LogP contribution < -0.4 is 5.46 Å². The van der Waals surface area contributed by atoms with Crippen molar-refractivity contribution in [3.8, 4) is 0 Å². The molecule has 4 nitrogen and oxygen atoms in total. The molecule has 142 valence electrons. The molecule has 0 bridgehead atoms. The highest BCUT2D eigenvalue weighted by atomic mass is 19.1. The molecule has 1 heterocycles. The quantitative estimate of drug-likeness (QED) is 0.601. The summed E-state index contributed by atoms with van der Waals surface area (Å²) >= 11 is 0. The van der Waals surface area contributed by atoms with Gasteiger partial charge in [0.1, 0.15) is 0 Å². The minimum Gasteiger partial charge on any atom is -0.619 e. The van der Waals surface area contributed by atoms with Gasteiger partial charge in [-0.2, -0.15) is 0 Å². The summed E-state index contributed by atoms with van der Waals surface area (Å²) in [4.78, 5) is 14.9. The minimum absolute atomic E-state index is 0.162. The van der Waals surface area contributed by atoms with Gasteiger partial charge in [0, 0.05) is 12.3 Å². The van der Waals surface area contributed by atoms with Crippen LogP contribution in [0, 0.1) is 5.92 Å². The Morgan fingerprint density at radius 3 is 2.19 bits per heavy atom. The molecule has 2 atom stereocenters. The lowest BCUT2D eigenvalue weighted by Crippen LogP contribution is -2.61. The summed E-state index contributed by atoms with van der Waals surface area (Å²) in [6.45, 7) is 0.696. The van der Waals surface area contributed by atoms with Crippen LogP contribution >= 0.6 is 0 Å². The van der Waals surface area contributed by atoms with Crippen LogP contribution in [0.1, 0.15) is 19.4 Å². The zero-order valence-electron chi connectivity index (χ0n) is 16.3. The van der Waals surface area contributed by atoms with Crippen LogP contribution in [0.25, 0.3) is 0 Å². The van der Waals surface area contributed by atoms with E-state index in [1.165, 1.54) is 4.49 Å². The molecule has 1 fully saturated rings. The number of carbonyl (C=O) groups is 1. The molecule has 1 aliphatic heterocycles. The van der Waals surface area contributed by atoms with E-state index < -0.39 is 18.3 Å². The van der Waals surface area contributed by atoms with Crippen molar-refractivity contribution >= 4 is 24.5 Å². The Labute approximate surface area is 160 Å². The molecular formula is C21H26BFN2O2. The Bertz CT molecular complexity index is 842. The molecule has 0 saturated carbocycles. The predicted octanol–water partition coefficient (Wildman–Crippen LogP) is 2.60. The summed E-state index contributed by atoms with van der Waals surface area (Å²) in [7, 11) is 3.63. The normalized spacial score (nSPS) is 26.4. The van der Waals surface area contributed by atoms with Gasteiger partial charge >= 0.3 is 12.7 Å².